The Balaban J connectivity index is 3.41. The minimum Gasteiger partial charge on any atom is -0.507 e. The van der Waals surface area contributed by atoms with Crippen molar-refractivity contribution in [1.29, 1.82) is 0 Å². The van der Waals surface area contributed by atoms with Crippen LogP contribution >= 0.6 is 0 Å². The number of benzene rings is 1. The molecule has 0 aliphatic heterocycles. The second-order valence-corrected chi connectivity index (χ2v) is 5.45. The number of aliphatic hydroxyl groups excluding tert-OH is 1. The van der Waals surface area contributed by atoms with Gasteiger partial charge in [0, 0.05) is 23.7 Å². The first kappa shape index (κ1) is 13.8. The Hall–Kier alpha value is -1.22. The van der Waals surface area contributed by atoms with E-state index in [0.29, 0.717) is 5.75 Å². The van der Waals surface area contributed by atoms with Crippen LogP contribution in [0.25, 0.3) is 0 Å². The molecular formula is C14H22O3. The van der Waals surface area contributed by atoms with E-state index in [0.717, 1.165) is 11.1 Å². The van der Waals surface area contributed by atoms with E-state index in [1.807, 2.05) is 33.8 Å². The number of phenols is 1. The Morgan fingerprint density at radius 3 is 2.29 bits per heavy atom. The van der Waals surface area contributed by atoms with Crippen LogP contribution in [0.4, 0.5) is 0 Å². The zero-order valence-electron chi connectivity index (χ0n) is 11.2. The largest absolute Gasteiger partial charge is 0.507 e. The number of phenolic OH excluding ortho intramolecular Hbond substituents is 1. The fourth-order valence-electron chi connectivity index (χ4n) is 1.79. The molecule has 1 atom stereocenters. The number of aromatic hydroxyl groups is 1. The van der Waals surface area contributed by atoms with Gasteiger partial charge in [0.15, 0.2) is 0 Å². The molecule has 0 aliphatic carbocycles. The van der Waals surface area contributed by atoms with Gasteiger partial charge in [-0.25, -0.2) is 0 Å². The molecule has 3 nitrogen and oxygen atoms in total. The fourth-order valence-corrected chi connectivity index (χ4v) is 1.79. The maximum Gasteiger partial charge on any atom is 0.123 e. The van der Waals surface area contributed by atoms with Crippen molar-refractivity contribution in [2.75, 3.05) is 13.7 Å². The summed E-state index contributed by atoms with van der Waals surface area (Å²) >= 11 is 0. The highest BCUT2D eigenvalue weighted by Crippen LogP contribution is 2.39. The van der Waals surface area contributed by atoms with Crippen LogP contribution < -0.4 is 4.74 Å². The van der Waals surface area contributed by atoms with Gasteiger partial charge in [-0.3, -0.25) is 0 Å². The lowest BCUT2D eigenvalue weighted by molar-refractivity contribution is 0.269. The normalized spacial score (nSPS) is 13.5. The lowest BCUT2D eigenvalue weighted by Gasteiger charge is -2.24. The molecule has 0 heterocycles. The van der Waals surface area contributed by atoms with E-state index in [1.165, 1.54) is 0 Å². The molecule has 0 radical (unpaired) electrons. The first-order valence-corrected chi connectivity index (χ1v) is 5.83. The van der Waals surface area contributed by atoms with Gasteiger partial charge < -0.3 is 14.9 Å². The first-order valence-electron chi connectivity index (χ1n) is 5.83. The second-order valence-electron chi connectivity index (χ2n) is 5.45. The summed E-state index contributed by atoms with van der Waals surface area (Å²) in [5.74, 6) is 0.870. The smallest absolute Gasteiger partial charge is 0.123 e. The molecule has 0 fully saturated rings. The quantitative estimate of drug-likeness (QED) is 0.851. The number of rotatable bonds is 3. The van der Waals surface area contributed by atoms with Crippen LogP contribution in [0.2, 0.25) is 0 Å². The number of hydrogen-bond donors (Lipinski definition) is 2. The summed E-state index contributed by atoms with van der Waals surface area (Å²) in [5, 5.41) is 19.5. The average molecular weight is 238 g/mol. The van der Waals surface area contributed by atoms with Crippen molar-refractivity contribution in [3.05, 3.63) is 23.3 Å². The minimum atomic E-state index is -0.164. The summed E-state index contributed by atoms with van der Waals surface area (Å²) in [5.41, 5.74) is 1.41. The van der Waals surface area contributed by atoms with Crippen molar-refractivity contribution < 1.29 is 14.9 Å². The van der Waals surface area contributed by atoms with E-state index in [9.17, 15) is 10.2 Å². The van der Waals surface area contributed by atoms with Crippen LogP contribution in [-0.2, 0) is 5.41 Å². The highest BCUT2D eigenvalue weighted by molar-refractivity contribution is 5.50. The third kappa shape index (κ3) is 2.91. The molecule has 0 aromatic heterocycles. The molecule has 2 N–H and O–H groups in total. The summed E-state index contributed by atoms with van der Waals surface area (Å²) in [6.45, 7) is 7.99. The maximum atomic E-state index is 10.3. The Kier molecular flexibility index (Phi) is 4.04. The Bertz CT molecular complexity index is 391. The van der Waals surface area contributed by atoms with Crippen molar-refractivity contribution in [3.63, 3.8) is 0 Å². The minimum absolute atomic E-state index is 0.00428. The predicted molar refractivity (Wildman–Crippen MR) is 68.9 cm³/mol. The molecule has 1 rings (SSSR count). The summed E-state index contributed by atoms with van der Waals surface area (Å²) in [7, 11) is 1.60. The van der Waals surface area contributed by atoms with Crippen LogP contribution in [0.1, 0.15) is 44.7 Å². The molecule has 96 valence electrons. The third-order valence-corrected chi connectivity index (χ3v) is 2.96. The van der Waals surface area contributed by atoms with Crippen LogP contribution in [0.15, 0.2) is 12.1 Å². The highest BCUT2D eigenvalue weighted by Gasteiger charge is 2.23. The topological polar surface area (TPSA) is 49.7 Å². The molecule has 1 aromatic rings. The zero-order valence-corrected chi connectivity index (χ0v) is 11.2. The Labute approximate surface area is 103 Å². The van der Waals surface area contributed by atoms with E-state index in [1.54, 1.807) is 13.2 Å². The van der Waals surface area contributed by atoms with E-state index in [4.69, 9.17) is 4.74 Å². The molecular weight excluding hydrogens is 216 g/mol. The molecule has 0 bridgehead atoms. The Morgan fingerprint density at radius 1 is 1.29 bits per heavy atom. The summed E-state index contributed by atoms with van der Waals surface area (Å²) in [6.07, 6.45) is 0. The summed E-state index contributed by atoms with van der Waals surface area (Å²) in [4.78, 5) is 0. The van der Waals surface area contributed by atoms with Gasteiger partial charge >= 0.3 is 0 Å². The average Bonchev–Trinajstić information content (AvgIpc) is 2.26. The lowest BCUT2D eigenvalue weighted by atomic mass is 9.83. The number of ether oxygens (including phenoxy) is 1. The summed E-state index contributed by atoms with van der Waals surface area (Å²) < 4.78 is 5.25. The van der Waals surface area contributed by atoms with E-state index >= 15 is 0 Å². The van der Waals surface area contributed by atoms with Gasteiger partial charge in [-0.05, 0) is 17.5 Å². The molecule has 0 amide bonds. The van der Waals surface area contributed by atoms with Crippen molar-refractivity contribution in [2.24, 2.45) is 0 Å². The van der Waals surface area contributed by atoms with Gasteiger partial charge in [0.05, 0.1) is 7.11 Å². The van der Waals surface area contributed by atoms with Gasteiger partial charge in [0.25, 0.3) is 0 Å². The van der Waals surface area contributed by atoms with E-state index < -0.39 is 0 Å². The predicted octanol–water partition coefficient (Wildman–Crippen LogP) is 2.79. The highest BCUT2D eigenvalue weighted by atomic mass is 16.5. The molecule has 17 heavy (non-hydrogen) atoms. The SMILES string of the molecule is COc1cc(C(C)CO)c(O)c(C(C)(C)C)c1. The van der Waals surface area contributed by atoms with Crippen molar-refractivity contribution in [1.82, 2.24) is 0 Å². The van der Waals surface area contributed by atoms with Crippen molar-refractivity contribution >= 4 is 0 Å². The zero-order chi connectivity index (χ0) is 13.2. The van der Waals surface area contributed by atoms with Crippen LogP contribution in [-0.4, -0.2) is 23.9 Å². The van der Waals surface area contributed by atoms with Gasteiger partial charge in [0.2, 0.25) is 0 Å². The van der Waals surface area contributed by atoms with Crippen LogP contribution in [0.5, 0.6) is 11.5 Å². The van der Waals surface area contributed by atoms with Crippen molar-refractivity contribution in [2.45, 2.75) is 39.0 Å². The molecule has 1 unspecified atom stereocenters. The van der Waals surface area contributed by atoms with E-state index in [-0.39, 0.29) is 23.7 Å². The number of aliphatic hydroxyl groups is 1. The lowest BCUT2D eigenvalue weighted by Crippen LogP contribution is -2.13. The fraction of sp³-hybridized carbons (Fsp3) is 0.571. The molecule has 1 aromatic carbocycles. The van der Waals surface area contributed by atoms with E-state index in [2.05, 4.69) is 0 Å². The monoisotopic (exact) mass is 238 g/mol. The Morgan fingerprint density at radius 2 is 1.88 bits per heavy atom. The third-order valence-electron chi connectivity index (χ3n) is 2.96. The van der Waals surface area contributed by atoms with Gasteiger partial charge in [-0.15, -0.1) is 0 Å². The number of methoxy groups -OCH3 is 1. The van der Waals surface area contributed by atoms with Crippen LogP contribution in [0, 0.1) is 0 Å². The molecule has 0 saturated heterocycles. The van der Waals surface area contributed by atoms with Crippen molar-refractivity contribution in [3.8, 4) is 11.5 Å². The van der Waals surface area contributed by atoms with Gasteiger partial charge in [-0.1, -0.05) is 27.7 Å². The number of hydrogen-bond acceptors (Lipinski definition) is 3. The molecule has 0 aliphatic rings. The van der Waals surface area contributed by atoms with Crippen LogP contribution in [0.3, 0.4) is 0 Å². The van der Waals surface area contributed by atoms with Gasteiger partial charge in [0.1, 0.15) is 11.5 Å². The standard InChI is InChI=1S/C14H22O3/c1-9(8-15)11-6-10(17-5)7-12(13(11)16)14(2,3)4/h6-7,9,15-16H,8H2,1-5H3. The molecule has 3 heteroatoms. The second kappa shape index (κ2) is 4.96. The summed E-state index contributed by atoms with van der Waals surface area (Å²) in [6, 6.07) is 3.63. The van der Waals surface area contributed by atoms with Gasteiger partial charge in [-0.2, -0.15) is 0 Å². The first-order chi connectivity index (χ1) is 7.81. The maximum absolute atomic E-state index is 10.3. The molecule has 0 spiro atoms. The molecule has 0 saturated carbocycles.